The van der Waals surface area contributed by atoms with Gasteiger partial charge in [-0.15, -0.1) is 0 Å². The molecule has 0 bridgehead atoms. The van der Waals surface area contributed by atoms with Crippen LogP contribution in [0, 0.1) is 11.3 Å². The molecule has 1 atom stereocenters. The lowest BCUT2D eigenvalue weighted by Gasteiger charge is -2.11. The molecule has 0 amide bonds. The quantitative estimate of drug-likeness (QED) is 0.859. The molecular formula is C19H22N2. The first-order chi connectivity index (χ1) is 10.2. The molecule has 2 aromatic carbocycles. The van der Waals surface area contributed by atoms with Gasteiger partial charge in [-0.05, 0) is 22.6 Å². The molecule has 0 heterocycles. The maximum absolute atomic E-state index is 9.28. The lowest BCUT2D eigenvalue weighted by atomic mass is 10.0. The highest BCUT2D eigenvalue weighted by Crippen LogP contribution is 2.15. The third-order valence-electron chi connectivity index (χ3n) is 3.68. The van der Waals surface area contributed by atoms with E-state index in [-0.39, 0.29) is 5.92 Å². The Bertz CT molecular complexity index is 579. The molecule has 21 heavy (non-hydrogen) atoms. The molecule has 2 rings (SSSR count). The summed E-state index contributed by atoms with van der Waals surface area (Å²) in [6, 6.07) is 21.0. The van der Waals surface area contributed by atoms with Gasteiger partial charge in [0.15, 0.2) is 0 Å². The van der Waals surface area contributed by atoms with Gasteiger partial charge in [-0.2, -0.15) is 5.26 Å². The van der Waals surface area contributed by atoms with E-state index in [2.05, 4.69) is 49.5 Å². The Hall–Kier alpha value is -2.11. The molecule has 2 nitrogen and oxygen atoms in total. The van der Waals surface area contributed by atoms with Crippen LogP contribution in [0.5, 0.6) is 0 Å². The van der Waals surface area contributed by atoms with Crippen LogP contribution in [0.4, 0.5) is 0 Å². The number of benzene rings is 2. The molecule has 0 saturated carbocycles. The van der Waals surface area contributed by atoms with Gasteiger partial charge < -0.3 is 5.32 Å². The predicted molar refractivity (Wildman–Crippen MR) is 87.0 cm³/mol. The molecule has 1 N–H and O–H groups in total. The van der Waals surface area contributed by atoms with Crippen LogP contribution >= 0.6 is 0 Å². The van der Waals surface area contributed by atoms with Crippen LogP contribution < -0.4 is 5.32 Å². The molecule has 0 radical (unpaired) electrons. The van der Waals surface area contributed by atoms with E-state index in [1.807, 2.05) is 30.3 Å². The zero-order valence-corrected chi connectivity index (χ0v) is 12.7. The minimum Gasteiger partial charge on any atom is -0.311 e. The molecular weight excluding hydrogens is 256 g/mol. The topological polar surface area (TPSA) is 35.8 Å². The van der Waals surface area contributed by atoms with E-state index >= 15 is 0 Å². The third-order valence-corrected chi connectivity index (χ3v) is 3.68. The summed E-state index contributed by atoms with van der Waals surface area (Å²) < 4.78 is 0. The molecule has 0 aliphatic heterocycles. The van der Waals surface area contributed by atoms with Gasteiger partial charge in [0.05, 0.1) is 12.0 Å². The predicted octanol–water partition coefficient (Wildman–Crippen LogP) is 4.21. The van der Waals surface area contributed by atoms with Crippen LogP contribution in [0.1, 0.15) is 42.4 Å². The molecule has 0 fully saturated rings. The molecule has 1 unspecified atom stereocenters. The van der Waals surface area contributed by atoms with E-state index in [0.29, 0.717) is 12.5 Å². The SMILES string of the molecule is CC(C)c1ccc(CNCC(C#N)c2ccccc2)cc1. The molecule has 0 aromatic heterocycles. The lowest BCUT2D eigenvalue weighted by Crippen LogP contribution is -2.20. The van der Waals surface area contributed by atoms with Gasteiger partial charge in [-0.1, -0.05) is 68.4 Å². The number of hydrogen-bond acceptors (Lipinski definition) is 2. The Kier molecular flexibility index (Phi) is 5.54. The monoisotopic (exact) mass is 278 g/mol. The summed E-state index contributed by atoms with van der Waals surface area (Å²) in [5, 5.41) is 12.7. The Morgan fingerprint density at radius 3 is 2.19 bits per heavy atom. The van der Waals surface area contributed by atoms with Crippen molar-refractivity contribution in [3.63, 3.8) is 0 Å². The van der Waals surface area contributed by atoms with Crippen molar-refractivity contribution < 1.29 is 0 Å². The first-order valence-electron chi connectivity index (χ1n) is 7.45. The number of hydrogen-bond donors (Lipinski definition) is 1. The van der Waals surface area contributed by atoms with Crippen molar-refractivity contribution in [2.45, 2.75) is 32.2 Å². The molecule has 0 saturated heterocycles. The van der Waals surface area contributed by atoms with E-state index in [1.54, 1.807) is 0 Å². The van der Waals surface area contributed by atoms with Crippen molar-refractivity contribution in [1.29, 1.82) is 5.26 Å². The van der Waals surface area contributed by atoms with Crippen molar-refractivity contribution in [2.24, 2.45) is 0 Å². The molecule has 2 heteroatoms. The second-order valence-corrected chi connectivity index (χ2v) is 5.62. The zero-order chi connectivity index (χ0) is 15.1. The van der Waals surface area contributed by atoms with Gasteiger partial charge in [0.1, 0.15) is 0 Å². The average Bonchev–Trinajstić information content (AvgIpc) is 2.53. The highest BCUT2D eigenvalue weighted by Gasteiger charge is 2.09. The van der Waals surface area contributed by atoms with E-state index in [1.165, 1.54) is 11.1 Å². The zero-order valence-electron chi connectivity index (χ0n) is 12.7. The minimum absolute atomic E-state index is 0.0962. The Labute approximate surface area is 127 Å². The first-order valence-corrected chi connectivity index (χ1v) is 7.45. The summed E-state index contributed by atoms with van der Waals surface area (Å²) in [7, 11) is 0. The fourth-order valence-electron chi connectivity index (χ4n) is 2.30. The summed E-state index contributed by atoms with van der Waals surface area (Å²) in [5.74, 6) is 0.467. The van der Waals surface area contributed by atoms with Crippen LogP contribution in [-0.2, 0) is 6.54 Å². The maximum atomic E-state index is 9.28. The fraction of sp³-hybridized carbons (Fsp3) is 0.316. The fourth-order valence-corrected chi connectivity index (χ4v) is 2.30. The Morgan fingerprint density at radius 2 is 1.62 bits per heavy atom. The van der Waals surface area contributed by atoms with Crippen molar-refractivity contribution in [2.75, 3.05) is 6.54 Å². The van der Waals surface area contributed by atoms with Crippen LogP contribution in [0.15, 0.2) is 54.6 Å². The van der Waals surface area contributed by atoms with E-state index in [9.17, 15) is 5.26 Å². The van der Waals surface area contributed by atoms with Crippen molar-refractivity contribution >= 4 is 0 Å². The summed E-state index contributed by atoms with van der Waals surface area (Å²) in [6.45, 7) is 5.87. The largest absolute Gasteiger partial charge is 0.311 e. The smallest absolute Gasteiger partial charge is 0.0837 e. The standard InChI is InChI=1S/C19H22N2/c1-15(2)17-10-8-16(9-11-17)13-21-14-19(12-20)18-6-4-3-5-7-18/h3-11,15,19,21H,13-14H2,1-2H3. The van der Waals surface area contributed by atoms with Crippen LogP contribution in [0.2, 0.25) is 0 Å². The van der Waals surface area contributed by atoms with E-state index < -0.39 is 0 Å². The second-order valence-electron chi connectivity index (χ2n) is 5.62. The van der Waals surface area contributed by atoms with Gasteiger partial charge in [-0.25, -0.2) is 0 Å². The molecule has 2 aromatic rings. The summed E-state index contributed by atoms with van der Waals surface area (Å²) in [4.78, 5) is 0. The number of nitriles is 1. The number of nitrogens with zero attached hydrogens (tertiary/aromatic N) is 1. The second kappa shape index (κ2) is 7.61. The van der Waals surface area contributed by atoms with Gasteiger partial charge in [0.2, 0.25) is 0 Å². The molecule has 0 spiro atoms. The minimum atomic E-state index is -0.0962. The summed E-state index contributed by atoms with van der Waals surface area (Å²) in [6.07, 6.45) is 0. The Morgan fingerprint density at radius 1 is 0.952 bits per heavy atom. The number of nitrogens with one attached hydrogen (secondary N) is 1. The van der Waals surface area contributed by atoms with E-state index in [4.69, 9.17) is 0 Å². The summed E-state index contributed by atoms with van der Waals surface area (Å²) >= 11 is 0. The van der Waals surface area contributed by atoms with Crippen LogP contribution in [-0.4, -0.2) is 6.54 Å². The normalized spacial score (nSPS) is 12.1. The third kappa shape index (κ3) is 4.44. The first kappa shape index (κ1) is 15.3. The van der Waals surface area contributed by atoms with Crippen LogP contribution in [0.25, 0.3) is 0 Å². The van der Waals surface area contributed by atoms with Gasteiger partial charge in [-0.3, -0.25) is 0 Å². The molecule has 0 aliphatic rings. The van der Waals surface area contributed by atoms with E-state index in [0.717, 1.165) is 12.1 Å². The van der Waals surface area contributed by atoms with Gasteiger partial charge in [0.25, 0.3) is 0 Å². The van der Waals surface area contributed by atoms with Crippen molar-refractivity contribution in [3.8, 4) is 6.07 Å². The maximum Gasteiger partial charge on any atom is 0.0837 e. The lowest BCUT2D eigenvalue weighted by molar-refractivity contribution is 0.652. The van der Waals surface area contributed by atoms with Crippen LogP contribution in [0.3, 0.4) is 0 Å². The van der Waals surface area contributed by atoms with Gasteiger partial charge in [0, 0.05) is 13.1 Å². The summed E-state index contributed by atoms with van der Waals surface area (Å²) in [5.41, 5.74) is 3.68. The molecule has 108 valence electrons. The highest BCUT2D eigenvalue weighted by molar-refractivity contribution is 5.26. The highest BCUT2D eigenvalue weighted by atomic mass is 14.9. The van der Waals surface area contributed by atoms with Crippen molar-refractivity contribution in [1.82, 2.24) is 5.32 Å². The average molecular weight is 278 g/mol. The van der Waals surface area contributed by atoms with Gasteiger partial charge >= 0.3 is 0 Å². The molecule has 0 aliphatic carbocycles. The van der Waals surface area contributed by atoms with Crippen molar-refractivity contribution in [3.05, 3.63) is 71.3 Å². The number of rotatable bonds is 6. The Balaban J connectivity index is 1.87.